The number of carbonyl (C=O) groups excluding carboxylic acids is 1. The van der Waals surface area contributed by atoms with Gasteiger partial charge in [-0.2, -0.15) is 0 Å². The van der Waals surface area contributed by atoms with Gasteiger partial charge in [-0.25, -0.2) is 0 Å². The molecule has 1 heterocycles. The van der Waals surface area contributed by atoms with Gasteiger partial charge in [-0.3, -0.25) is 4.79 Å². The van der Waals surface area contributed by atoms with Crippen LogP contribution in [0.4, 0.5) is 5.69 Å². The summed E-state index contributed by atoms with van der Waals surface area (Å²) >= 11 is 0. The number of fused-ring (bicyclic) bond motifs is 2. The van der Waals surface area contributed by atoms with E-state index in [1.54, 1.807) is 0 Å². The summed E-state index contributed by atoms with van der Waals surface area (Å²) in [6.45, 7) is 0. The van der Waals surface area contributed by atoms with E-state index in [2.05, 4.69) is 23.5 Å². The standard InChI is InChI=1S/C17H13NO/c19-17-16(14-7-3-4-8-15(14)18-17)13-10-9-11-5-1-2-6-12(11)13/h1-8H,9-10H2,(H,18,19)/b16-13-. The molecule has 0 saturated heterocycles. The van der Waals surface area contributed by atoms with Crippen molar-refractivity contribution >= 4 is 22.7 Å². The summed E-state index contributed by atoms with van der Waals surface area (Å²) in [7, 11) is 0. The highest BCUT2D eigenvalue weighted by molar-refractivity contribution is 6.37. The number of amides is 1. The Labute approximate surface area is 111 Å². The molecule has 1 amide bonds. The second-order valence-electron chi connectivity index (χ2n) is 5.01. The molecule has 0 fully saturated rings. The number of para-hydroxylation sites is 1. The van der Waals surface area contributed by atoms with Crippen LogP contribution < -0.4 is 5.32 Å². The first-order valence-corrected chi connectivity index (χ1v) is 6.57. The van der Waals surface area contributed by atoms with Crippen LogP contribution in [0.15, 0.2) is 48.5 Å². The number of hydrogen-bond donors (Lipinski definition) is 1. The van der Waals surface area contributed by atoms with Crippen LogP contribution in [-0.2, 0) is 11.2 Å². The number of carbonyl (C=O) groups is 1. The van der Waals surface area contributed by atoms with E-state index in [1.165, 1.54) is 16.7 Å². The molecule has 2 aromatic carbocycles. The van der Waals surface area contributed by atoms with E-state index in [-0.39, 0.29) is 5.91 Å². The second kappa shape index (κ2) is 3.82. The predicted molar refractivity (Wildman–Crippen MR) is 76.6 cm³/mol. The fourth-order valence-corrected chi connectivity index (χ4v) is 3.10. The Morgan fingerprint density at radius 2 is 1.58 bits per heavy atom. The highest BCUT2D eigenvalue weighted by Gasteiger charge is 2.29. The van der Waals surface area contributed by atoms with Crippen LogP contribution in [0, 0.1) is 0 Å². The topological polar surface area (TPSA) is 29.1 Å². The van der Waals surface area contributed by atoms with Crippen LogP contribution >= 0.6 is 0 Å². The number of rotatable bonds is 0. The summed E-state index contributed by atoms with van der Waals surface area (Å²) in [5.41, 5.74) is 6.61. The molecule has 1 aliphatic heterocycles. The molecule has 2 aromatic rings. The van der Waals surface area contributed by atoms with Gasteiger partial charge in [0, 0.05) is 11.3 Å². The zero-order chi connectivity index (χ0) is 12.8. The lowest BCUT2D eigenvalue weighted by Gasteiger charge is -2.05. The molecular formula is C17H13NO. The van der Waals surface area contributed by atoms with E-state index in [0.717, 1.165) is 29.7 Å². The number of hydrogen-bond acceptors (Lipinski definition) is 1. The molecular weight excluding hydrogens is 234 g/mol. The lowest BCUT2D eigenvalue weighted by molar-refractivity contribution is -0.110. The van der Waals surface area contributed by atoms with Crippen molar-refractivity contribution in [1.29, 1.82) is 0 Å². The first-order valence-electron chi connectivity index (χ1n) is 6.57. The Hall–Kier alpha value is -2.35. The Balaban J connectivity index is 1.99. The summed E-state index contributed by atoms with van der Waals surface area (Å²) in [5, 5.41) is 2.96. The summed E-state index contributed by atoms with van der Waals surface area (Å²) in [6, 6.07) is 16.3. The first kappa shape index (κ1) is 10.6. The summed E-state index contributed by atoms with van der Waals surface area (Å²) in [6.07, 6.45) is 1.99. The molecule has 0 unspecified atom stereocenters. The molecule has 0 spiro atoms. The van der Waals surface area contributed by atoms with Crippen LogP contribution in [0.1, 0.15) is 23.1 Å². The highest BCUT2D eigenvalue weighted by atomic mass is 16.2. The van der Waals surface area contributed by atoms with E-state index in [0.29, 0.717) is 0 Å². The zero-order valence-electron chi connectivity index (χ0n) is 10.4. The lowest BCUT2D eigenvalue weighted by atomic mass is 9.97. The summed E-state index contributed by atoms with van der Waals surface area (Å²) in [4.78, 5) is 12.3. The highest BCUT2D eigenvalue weighted by Crippen LogP contribution is 2.42. The number of allylic oxidation sites excluding steroid dienone is 1. The molecule has 1 N–H and O–H groups in total. The Bertz CT molecular complexity index is 728. The number of aryl methyl sites for hydroxylation is 1. The minimum absolute atomic E-state index is 0.0351. The average molecular weight is 247 g/mol. The fraction of sp³-hybridized carbons (Fsp3) is 0.118. The van der Waals surface area contributed by atoms with Crippen LogP contribution in [-0.4, -0.2) is 5.91 Å². The quantitative estimate of drug-likeness (QED) is 0.709. The monoisotopic (exact) mass is 247 g/mol. The molecule has 92 valence electrons. The van der Waals surface area contributed by atoms with Crippen molar-refractivity contribution < 1.29 is 4.79 Å². The SMILES string of the molecule is O=C1Nc2ccccc2/C1=C1\CCc2ccccc21. The van der Waals surface area contributed by atoms with Gasteiger partial charge in [0.2, 0.25) is 0 Å². The third-order valence-electron chi connectivity index (χ3n) is 3.96. The third kappa shape index (κ3) is 1.46. The maximum atomic E-state index is 12.3. The van der Waals surface area contributed by atoms with Crippen molar-refractivity contribution in [3.8, 4) is 0 Å². The summed E-state index contributed by atoms with van der Waals surface area (Å²) < 4.78 is 0. The van der Waals surface area contributed by atoms with Crippen LogP contribution in [0.2, 0.25) is 0 Å². The Morgan fingerprint density at radius 3 is 2.47 bits per heavy atom. The number of nitrogens with one attached hydrogen (secondary N) is 1. The average Bonchev–Trinajstić information content (AvgIpc) is 2.98. The molecule has 0 bridgehead atoms. The normalized spacial score (nSPS) is 20.1. The van der Waals surface area contributed by atoms with Gasteiger partial charge in [-0.15, -0.1) is 0 Å². The molecule has 19 heavy (non-hydrogen) atoms. The predicted octanol–water partition coefficient (Wildman–Crippen LogP) is 3.50. The van der Waals surface area contributed by atoms with Crippen LogP contribution in [0.3, 0.4) is 0 Å². The van der Waals surface area contributed by atoms with Gasteiger partial charge in [0.1, 0.15) is 0 Å². The molecule has 0 atom stereocenters. The second-order valence-corrected chi connectivity index (χ2v) is 5.01. The van der Waals surface area contributed by atoms with Crippen molar-refractivity contribution in [3.05, 3.63) is 65.2 Å². The molecule has 1 aliphatic carbocycles. The van der Waals surface area contributed by atoms with Crippen molar-refractivity contribution in [3.63, 3.8) is 0 Å². The first-order chi connectivity index (χ1) is 9.34. The van der Waals surface area contributed by atoms with Gasteiger partial charge >= 0.3 is 0 Å². The van der Waals surface area contributed by atoms with Crippen molar-refractivity contribution in [2.45, 2.75) is 12.8 Å². The third-order valence-corrected chi connectivity index (χ3v) is 3.96. The molecule has 0 saturated carbocycles. The summed E-state index contributed by atoms with van der Waals surface area (Å²) in [5.74, 6) is 0.0351. The van der Waals surface area contributed by atoms with Gasteiger partial charge in [-0.1, -0.05) is 42.5 Å². The minimum Gasteiger partial charge on any atom is -0.321 e. The Kier molecular flexibility index (Phi) is 2.12. The maximum absolute atomic E-state index is 12.3. The minimum atomic E-state index is 0.0351. The lowest BCUT2D eigenvalue weighted by Crippen LogP contribution is -2.05. The Morgan fingerprint density at radius 1 is 0.842 bits per heavy atom. The molecule has 2 aliphatic rings. The van der Waals surface area contributed by atoms with E-state index in [4.69, 9.17) is 0 Å². The van der Waals surface area contributed by atoms with E-state index < -0.39 is 0 Å². The number of benzene rings is 2. The van der Waals surface area contributed by atoms with Crippen LogP contribution in [0.5, 0.6) is 0 Å². The maximum Gasteiger partial charge on any atom is 0.256 e. The van der Waals surface area contributed by atoms with Gasteiger partial charge < -0.3 is 5.32 Å². The van der Waals surface area contributed by atoms with Crippen molar-refractivity contribution in [1.82, 2.24) is 0 Å². The van der Waals surface area contributed by atoms with Gasteiger partial charge in [-0.05, 0) is 35.6 Å². The van der Waals surface area contributed by atoms with Crippen molar-refractivity contribution in [2.75, 3.05) is 5.32 Å². The largest absolute Gasteiger partial charge is 0.321 e. The van der Waals surface area contributed by atoms with Gasteiger partial charge in [0.05, 0.1) is 5.57 Å². The number of anilines is 1. The van der Waals surface area contributed by atoms with Crippen LogP contribution in [0.25, 0.3) is 11.1 Å². The smallest absolute Gasteiger partial charge is 0.256 e. The molecule has 2 heteroatoms. The zero-order valence-corrected chi connectivity index (χ0v) is 10.4. The molecule has 4 rings (SSSR count). The fourth-order valence-electron chi connectivity index (χ4n) is 3.10. The van der Waals surface area contributed by atoms with Crippen molar-refractivity contribution in [2.24, 2.45) is 0 Å². The van der Waals surface area contributed by atoms with E-state index >= 15 is 0 Å². The van der Waals surface area contributed by atoms with E-state index in [1.807, 2.05) is 30.3 Å². The van der Waals surface area contributed by atoms with E-state index in [9.17, 15) is 4.79 Å². The molecule has 2 nitrogen and oxygen atoms in total. The van der Waals surface area contributed by atoms with Gasteiger partial charge in [0.15, 0.2) is 0 Å². The molecule has 0 radical (unpaired) electrons. The van der Waals surface area contributed by atoms with Gasteiger partial charge in [0.25, 0.3) is 5.91 Å². The molecule has 0 aromatic heterocycles.